The highest BCUT2D eigenvalue weighted by Crippen LogP contribution is 2.41. The van der Waals surface area contributed by atoms with E-state index in [1.807, 2.05) is 0 Å². The summed E-state index contributed by atoms with van der Waals surface area (Å²) in [5, 5.41) is 7.49. The Hall–Kier alpha value is -2.22. The molecule has 2 aliphatic heterocycles. The molecule has 192 valence electrons. The number of halogens is 3. The molecule has 1 saturated carbocycles. The quantitative estimate of drug-likeness (QED) is 0.481. The van der Waals surface area contributed by atoms with Crippen LogP contribution in [0.5, 0.6) is 5.75 Å². The van der Waals surface area contributed by atoms with E-state index in [1.165, 1.54) is 0 Å². The molecule has 7 nitrogen and oxygen atoms in total. The van der Waals surface area contributed by atoms with Gasteiger partial charge in [-0.2, -0.15) is 0 Å². The second kappa shape index (κ2) is 9.92. The number of hydrogen-bond acceptors (Lipinski definition) is 5. The number of piperidine rings is 1. The highest BCUT2D eigenvalue weighted by Gasteiger charge is 2.44. The third-order valence-corrected chi connectivity index (χ3v) is 7.92. The Balaban J connectivity index is 1.22. The molecule has 2 bridgehead atoms. The second-order valence-corrected chi connectivity index (χ2v) is 11.6. The van der Waals surface area contributed by atoms with Gasteiger partial charge in [0.2, 0.25) is 0 Å². The summed E-state index contributed by atoms with van der Waals surface area (Å²) in [5.41, 5.74) is -0.636. The molecule has 2 aromatic rings. The predicted molar refractivity (Wildman–Crippen MR) is 141 cm³/mol. The van der Waals surface area contributed by atoms with Crippen LogP contribution in [0.3, 0.4) is 0 Å². The number of carbonyl (C=O) groups is 2. The number of fused-ring (bicyclic) bond motifs is 2. The normalized spacial score (nSPS) is 23.4. The lowest BCUT2D eigenvalue weighted by Crippen LogP contribution is -2.55. The lowest BCUT2D eigenvalue weighted by molar-refractivity contribution is -0.135. The summed E-state index contributed by atoms with van der Waals surface area (Å²) in [6, 6.07) is 7.34. The maximum Gasteiger partial charge on any atom is 0.263 e. The Bertz CT molecular complexity index is 1170. The molecule has 36 heavy (non-hydrogen) atoms. The zero-order valence-electron chi connectivity index (χ0n) is 20.2. The van der Waals surface area contributed by atoms with Crippen LogP contribution in [-0.4, -0.2) is 46.6 Å². The van der Waals surface area contributed by atoms with Gasteiger partial charge in [0.05, 0.1) is 15.6 Å². The lowest BCUT2D eigenvalue weighted by atomic mass is 9.96. The summed E-state index contributed by atoms with van der Waals surface area (Å²) in [6.45, 7) is 3.45. The van der Waals surface area contributed by atoms with Gasteiger partial charge >= 0.3 is 0 Å². The molecule has 1 aromatic carbocycles. The van der Waals surface area contributed by atoms with Crippen molar-refractivity contribution >= 4 is 52.4 Å². The van der Waals surface area contributed by atoms with E-state index in [1.54, 1.807) is 44.3 Å². The molecule has 3 fully saturated rings. The smallest absolute Gasteiger partial charge is 0.263 e. The highest BCUT2D eigenvalue weighted by atomic mass is 35.5. The highest BCUT2D eigenvalue weighted by molar-refractivity contribution is 6.35. The van der Waals surface area contributed by atoms with Gasteiger partial charge in [-0.15, -0.1) is 0 Å². The molecule has 2 saturated heterocycles. The summed E-state index contributed by atoms with van der Waals surface area (Å²) in [6.07, 6.45) is 7.21. The largest absolute Gasteiger partial charge is 0.476 e. The van der Waals surface area contributed by atoms with E-state index in [-0.39, 0.29) is 36.0 Å². The van der Waals surface area contributed by atoms with E-state index >= 15 is 0 Å². The SMILES string of the molecule is CC(C)(Oc1ccc(Cl)cc1Cl)C(=O)N[C@H]1C[C@H]2CC[C@@H](C1)N2c1ncc(C(=O)NC2CC2)cc1Cl. The van der Waals surface area contributed by atoms with Gasteiger partial charge in [0.1, 0.15) is 11.6 Å². The van der Waals surface area contributed by atoms with Crippen LogP contribution in [0.2, 0.25) is 15.1 Å². The maximum absolute atomic E-state index is 13.1. The minimum atomic E-state index is -1.12. The van der Waals surface area contributed by atoms with E-state index in [0.717, 1.165) is 38.5 Å². The van der Waals surface area contributed by atoms with Crippen molar-refractivity contribution in [2.24, 2.45) is 0 Å². The Morgan fingerprint density at radius 2 is 1.67 bits per heavy atom. The second-order valence-electron chi connectivity index (χ2n) is 10.4. The van der Waals surface area contributed by atoms with Gasteiger partial charge in [-0.1, -0.05) is 34.8 Å². The minimum absolute atomic E-state index is 0.0113. The fourth-order valence-corrected chi connectivity index (χ4v) is 5.83. The first kappa shape index (κ1) is 25.4. The van der Waals surface area contributed by atoms with Gasteiger partial charge in [0, 0.05) is 35.4 Å². The summed E-state index contributed by atoms with van der Waals surface area (Å²) in [7, 11) is 0. The number of aromatic nitrogens is 1. The molecule has 1 aromatic heterocycles. The number of pyridine rings is 1. The zero-order chi connectivity index (χ0) is 25.6. The molecule has 2 amide bonds. The molecular weight excluding hydrogens is 523 g/mol. The monoisotopic (exact) mass is 550 g/mol. The lowest BCUT2D eigenvalue weighted by Gasteiger charge is -2.41. The van der Waals surface area contributed by atoms with Gasteiger partial charge in [-0.25, -0.2) is 4.98 Å². The number of benzene rings is 1. The third kappa shape index (κ3) is 5.38. The zero-order valence-corrected chi connectivity index (χ0v) is 22.5. The van der Waals surface area contributed by atoms with Gasteiger partial charge in [0.25, 0.3) is 11.8 Å². The van der Waals surface area contributed by atoms with Gasteiger partial charge in [-0.05, 0) is 76.6 Å². The first-order chi connectivity index (χ1) is 17.1. The average molecular weight is 552 g/mol. The van der Waals surface area contributed by atoms with E-state index in [9.17, 15) is 9.59 Å². The topological polar surface area (TPSA) is 83.6 Å². The molecule has 10 heteroatoms. The Morgan fingerprint density at radius 3 is 2.28 bits per heavy atom. The first-order valence-electron chi connectivity index (χ1n) is 12.3. The van der Waals surface area contributed by atoms with Crippen LogP contribution < -0.4 is 20.3 Å². The number of anilines is 1. The molecule has 0 spiro atoms. The first-order valence-corrected chi connectivity index (χ1v) is 13.4. The molecule has 3 atom stereocenters. The summed E-state index contributed by atoms with van der Waals surface area (Å²) in [4.78, 5) is 32.4. The van der Waals surface area contributed by atoms with Crippen LogP contribution in [-0.2, 0) is 4.79 Å². The van der Waals surface area contributed by atoms with Crippen molar-refractivity contribution in [3.05, 3.63) is 51.1 Å². The van der Waals surface area contributed by atoms with Crippen LogP contribution >= 0.6 is 34.8 Å². The molecule has 1 aliphatic carbocycles. The maximum atomic E-state index is 13.1. The number of nitrogens with zero attached hydrogens (tertiary/aromatic N) is 2. The third-order valence-electron chi connectivity index (χ3n) is 7.12. The van der Waals surface area contributed by atoms with E-state index < -0.39 is 5.60 Å². The standard InChI is InChI=1S/C26H29Cl3N4O3/c1-26(2,36-22-8-3-15(27)10-20(22)28)25(35)32-17-11-18-6-7-19(12-17)33(18)23-21(29)9-14(13-30-23)24(34)31-16-4-5-16/h3,8-10,13,16-19H,4-7,11-12H2,1-2H3,(H,31,34)(H,32,35)/t17-,18+,19-. The van der Waals surface area contributed by atoms with Crippen molar-refractivity contribution in [3.8, 4) is 5.75 Å². The number of amides is 2. The minimum Gasteiger partial charge on any atom is -0.476 e. The molecular formula is C26H29Cl3N4O3. The van der Waals surface area contributed by atoms with Crippen molar-refractivity contribution in [1.29, 1.82) is 0 Å². The van der Waals surface area contributed by atoms with Crippen LogP contribution in [0.15, 0.2) is 30.5 Å². The van der Waals surface area contributed by atoms with Crippen LogP contribution in [0.4, 0.5) is 5.82 Å². The number of hydrogen-bond donors (Lipinski definition) is 2. The van der Waals surface area contributed by atoms with Gasteiger partial charge in [-0.3, -0.25) is 9.59 Å². The Kier molecular flexibility index (Phi) is 7.01. The van der Waals surface area contributed by atoms with Crippen LogP contribution in [0, 0.1) is 0 Å². The summed E-state index contributed by atoms with van der Waals surface area (Å²) < 4.78 is 5.95. The number of carbonyl (C=O) groups excluding carboxylic acids is 2. The summed E-state index contributed by atoms with van der Waals surface area (Å²) >= 11 is 18.8. The van der Waals surface area contributed by atoms with Crippen LogP contribution in [0.1, 0.15) is 62.7 Å². The van der Waals surface area contributed by atoms with Gasteiger partial charge < -0.3 is 20.3 Å². The van der Waals surface area contributed by atoms with Gasteiger partial charge in [0.15, 0.2) is 5.60 Å². The van der Waals surface area contributed by atoms with E-state index in [0.29, 0.717) is 32.2 Å². The predicted octanol–water partition coefficient (Wildman–Crippen LogP) is 5.41. The number of rotatable bonds is 7. The number of nitrogens with one attached hydrogen (secondary N) is 2. The molecule has 5 rings (SSSR count). The van der Waals surface area contributed by atoms with Crippen molar-refractivity contribution in [1.82, 2.24) is 15.6 Å². The fourth-order valence-electron chi connectivity index (χ4n) is 5.12. The molecule has 3 heterocycles. The number of ether oxygens (including phenoxy) is 1. The molecule has 3 aliphatic rings. The van der Waals surface area contributed by atoms with E-state index in [2.05, 4.69) is 20.5 Å². The Morgan fingerprint density at radius 1 is 0.972 bits per heavy atom. The Labute approximate surface area is 225 Å². The van der Waals surface area contributed by atoms with Crippen molar-refractivity contribution in [3.63, 3.8) is 0 Å². The van der Waals surface area contributed by atoms with Crippen molar-refractivity contribution in [2.45, 2.75) is 82.1 Å². The molecule has 0 unspecified atom stereocenters. The molecule has 0 radical (unpaired) electrons. The molecule has 2 N–H and O–H groups in total. The fraction of sp³-hybridized carbons (Fsp3) is 0.500. The van der Waals surface area contributed by atoms with Crippen molar-refractivity contribution < 1.29 is 14.3 Å². The van der Waals surface area contributed by atoms with E-state index in [4.69, 9.17) is 39.5 Å². The van der Waals surface area contributed by atoms with Crippen LogP contribution in [0.25, 0.3) is 0 Å². The average Bonchev–Trinajstić information content (AvgIpc) is 3.59. The van der Waals surface area contributed by atoms with Crippen molar-refractivity contribution in [2.75, 3.05) is 4.90 Å². The summed E-state index contributed by atoms with van der Waals surface area (Å²) in [5.74, 6) is 0.783.